The summed E-state index contributed by atoms with van der Waals surface area (Å²) in [6.07, 6.45) is 1.18. The van der Waals surface area contributed by atoms with Crippen LogP contribution >= 0.6 is 11.6 Å². The minimum absolute atomic E-state index is 0.479. The smallest absolute Gasteiger partial charge is 0.178 e. The van der Waals surface area contributed by atoms with Gasteiger partial charge in [0.15, 0.2) is 11.5 Å². The highest BCUT2D eigenvalue weighted by Gasteiger charge is 2.38. The molecule has 5 heteroatoms. The van der Waals surface area contributed by atoms with Crippen molar-refractivity contribution in [2.75, 3.05) is 0 Å². The minimum Gasteiger partial charge on any atom is -0.196 e. The first-order valence-corrected chi connectivity index (χ1v) is 5.01. The van der Waals surface area contributed by atoms with E-state index in [9.17, 15) is 0 Å². The first-order chi connectivity index (χ1) is 6.75. The molecule has 14 heavy (non-hydrogen) atoms. The topological polar surface area (TPSA) is 43.1 Å². The van der Waals surface area contributed by atoms with E-state index >= 15 is 0 Å². The summed E-state index contributed by atoms with van der Waals surface area (Å²) in [5, 5.41) is 12.9. The summed E-state index contributed by atoms with van der Waals surface area (Å²) in [4.78, 5) is 0. The lowest BCUT2D eigenvalue weighted by molar-refractivity contribution is 0.776. The van der Waals surface area contributed by atoms with Crippen LogP contribution in [-0.2, 0) is 0 Å². The zero-order valence-corrected chi connectivity index (χ0v) is 8.44. The zero-order valence-electron chi connectivity index (χ0n) is 7.68. The summed E-state index contributed by atoms with van der Waals surface area (Å²) in [6.45, 7) is 2.20. The van der Waals surface area contributed by atoms with Crippen molar-refractivity contribution in [3.05, 3.63) is 23.1 Å². The second kappa shape index (κ2) is 2.67. The first-order valence-electron chi connectivity index (χ1n) is 4.63. The van der Waals surface area contributed by atoms with Gasteiger partial charge in [-0.2, -0.15) is 9.61 Å². The molecule has 0 unspecified atom stereocenters. The van der Waals surface area contributed by atoms with Gasteiger partial charge in [-0.3, -0.25) is 0 Å². The number of hydrogen-bond acceptors (Lipinski definition) is 3. The molecule has 0 saturated heterocycles. The molecule has 2 aromatic rings. The lowest BCUT2D eigenvalue weighted by atomic mass is 10.3. The van der Waals surface area contributed by atoms with E-state index in [0.29, 0.717) is 17.0 Å². The predicted octanol–water partition coefficient (Wildman–Crippen LogP) is 1.90. The SMILES string of the molecule is C[C@H]1C[C@H]1c1nnc2ccc(Cl)nn12. The third-order valence-electron chi connectivity index (χ3n) is 2.70. The van der Waals surface area contributed by atoms with Gasteiger partial charge in [0.05, 0.1) is 0 Å². The average molecular weight is 209 g/mol. The van der Waals surface area contributed by atoms with Crippen molar-refractivity contribution in [2.45, 2.75) is 19.3 Å². The van der Waals surface area contributed by atoms with Gasteiger partial charge < -0.3 is 0 Å². The van der Waals surface area contributed by atoms with Gasteiger partial charge in [0.25, 0.3) is 0 Å². The van der Waals surface area contributed by atoms with Crippen molar-refractivity contribution >= 4 is 17.2 Å². The summed E-state index contributed by atoms with van der Waals surface area (Å²) >= 11 is 5.82. The Kier molecular flexibility index (Phi) is 1.56. The zero-order chi connectivity index (χ0) is 9.71. The van der Waals surface area contributed by atoms with E-state index in [1.54, 1.807) is 10.6 Å². The normalized spacial score (nSPS) is 25.6. The highest BCUT2D eigenvalue weighted by molar-refractivity contribution is 6.29. The van der Waals surface area contributed by atoms with Gasteiger partial charge in [-0.05, 0) is 24.5 Å². The van der Waals surface area contributed by atoms with Gasteiger partial charge >= 0.3 is 0 Å². The van der Waals surface area contributed by atoms with Gasteiger partial charge in [-0.1, -0.05) is 18.5 Å². The van der Waals surface area contributed by atoms with Crippen LogP contribution in [0.4, 0.5) is 0 Å². The van der Waals surface area contributed by atoms with E-state index in [-0.39, 0.29) is 0 Å². The van der Waals surface area contributed by atoms with Crippen molar-refractivity contribution in [1.82, 2.24) is 19.8 Å². The predicted molar refractivity (Wildman–Crippen MR) is 52.3 cm³/mol. The van der Waals surface area contributed by atoms with Crippen molar-refractivity contribution in [3.8, 4) is 0 Å². The fraction of sp³-hybridized carbons (Fsp3) is 0.444. The van der Waals surface area contributed by atoms with Crippen molar-refractivity contribution in [1.29, 1.82) is 0 Å². The standard InChI is InChI=1S/C9H9ClN4/c1-5-4-6(5)9-12-11-8-3-2-7(10)13-14(8)9/h2-3,5-6H,4H2,1H3/t5-,6+/m0/s1. The number of aromatic nitrogens is 4. The number of fused-ring (bicyclic) bond motifs is 1. The van der Waals surface area contributed by atoms with Crippen LogP contribution in [0.2, 0.25) is 5.15 Å². The average Bonchev–Trinajstić information content (AvgIpc) is 2.75. The monoisotopic (exact) mass is 208 g/mol. The van der Waals surface area contributed by atoms with E-state index in [4.69, 9.17) is 11.6 Å². The summed E-state index contributed by atoms with van der Waals surface area (Å²) in [5.74, 6) is 2.15. The molecule has 3 rings (SSSR count). The minimum atomic E-state index is 0.479. The van der Waals surface area contributed by atoms with E-state index in [0.717, 1.165) is 11.5 Å². The second-order valence-electron chi connectivity index (χ2n) is 3.80. The number of halogens is 1. The van der Waals surface area contributed by atoms with Crippen LogP contribution in [0.15, 0.2) is 12.1 Å². The summed E-state index contributed by atoms with van der Waals surface area (Å²) in [7, 11) is 0. The van der Waals surface area contributed by atoms with E-state index < -0.39 is 0 Å². The molecular weight excluding hydrogens is 200 g/mol. The Bertz CT molecular complexity index is 493. The molecule has 0 spiro atoms. The maximum absolute atomic E-state index is 5.82. The van der Waals surface area contributed by atoms with Gasteiger partial charge in [0.2, 0.25) is 0 Å². The molecule has 0 aromatic carbocycles. The molecule has 0 bridgehead atoms. The molecule has 1 fully saturated rings. The molecule has 2 heterocycles. The van der Waals surface area contributed by atoms with Crippen molar-refractivity contribution in [2.24, 2.45) is 5.92 Å². The van der Waals surface area contributed by atoms with E-state index in [1.165, 1.54) is 6.42 Å². The second-order valence-corrected chi connectivity index (χ2v) is 4.19. The fourth-order valence-electron chi connectivity index (χ4n) is 1.70. The third kappa shape index (κ3) is 1.10. The lowest BCUT2D eigenvalue weighted by Gasteiger charge is -1.96. The first kappa shape index (κ1) is 8.17. The van der Waals surface area contributed by atoms with Crippen molar-refractivity contribution in [3.63, 3.8) is 0 Å². The molecule has 2 atom stereocenters. The largest absolute Gasteiger partial charge is 0.196 e. The lowest BCUT2D eigenvalue weighted by Crippen LogP contribution is -1.97. The molecule has 0 N–H and O–H groups in total. The summed E-state index contributed by atoms with van der Waals surface area (Å²) in [6, 6.07) is 3.56. The van der Waals surface area contributed by atoms with Gasteiger partial charge in [0, 0.05) is 5.92 Å². The number of nitrogens with zero attached hydrogens (tertiary/aromatic N) is 4. The highest BCUT2D eigenvalue weighted by Crippen LogP contribution is 2.45. The van der Waals surface area contributed by atoms with Gasteiger partial charge in [-0.15, -0.1) is 10.2 Å². The Morgan fingerprint density at radius 3 is 2.93 bits per heavy atom. The van der Waals surface area contributed by atoms with E-state index in [2.05, 4.69) is 22.2 Å². The molecular formula is C9H9ClN4. The van der Waals surface area contributed by atoms with E-state index in [1.807, 2.05) is 6.07 Å². The Labute approximate surface area is 85.9 Å². The van der Waals surface area contributed by atoms with Gasteiger partial charge in [-0.25, -0.2) is 0 Å². The van der Waals surface area contributed by atoms with Crippen LogP contribution in [0.5, 0.6) is 0 Å². The number of rotatable bonds is 1. The maximum atomic E-state index is 5.82. The highest BCUT2D eigenvalue weighted by atomic mass is 35.5. The molecule has 0 radical (unpaired) electrons. The molecule has 0 aliphatic heterocycles. The Morgan fingerprint density at radius 1 is 1.43 bits per heavy atom. The Hall–Kier alpha value is -1.16. The molecule has 0 amide bonds. The van der Waals surface area contributed by atoms with Crippen LogP contribution in [0.25, 0.3) is 5.65 Å². The maximum Gasteiger partial charge on any atom is 0.178 e. The summed E-state index contributed by atoms with van der Waals surface area (Å²) in [5.41, 5.74) is 0.767. The Morgan fingerprint density at radius 2 is 2.21 bits per heavy atom. The summed E-state index contributed by atoms with van der Waals surface area (Å²) < 4.78 is 1.75. The quantitative estimate of drug-likeness (QED) is 0.719. The van der Waals surface area contributed by atoms with Crippen LogP contribution < -0.4 is 0 Å². The van der Waals surface area contributed by atoms with Crippen LogP contribution in [0, 0.1) is 5.92 Å². The number of hydrogen-bond donors (Lipinski definition) is 0. The fourth-order valence-corrected chi connectivity index (χ4v) is 1.83. The molecule has 2 aromatic heterocycles. The molecule has 1 aliphatic carbocycles. The van der Waals surface area contributed by atoms with Gasteiger partial charge in [0.1, 0.15) is 5.15 Å². The molecule has 4 nitrogen and oxygen atoms in total. The van der Waals surface area contributed by atoms with Crippen LogP contribution in [0.3, 0.4) is 0 Å². The Balaban J connectivity index is 2.19. The van der Waals surface area contributed by atoms with Crippen LogP contribution in [0.1, 0.15) is 25.1 Å². The van der Waals surface area contributed by atoms with Crippen molar-refractivity contribution < 1.29 is 0 Å². The molecule has 1 saturated carbocycles. The molecule has 1 aliphatic rings. The third-order valence-corrected chi connectivity index (χ3v) is 2.90. The molecule has 72 valence electrons. The van der Waals surface area contributed by atoms with Crippen LogP contribution in [-0.4, -0.2) is 19.8 Å².